The molecule has 0 radical (unpaired) electrons. The van der Waals surface area contributed by atoms with Gasteiger partial charge in [-0.2, -0.15) is 0 Å². The topological polar surface area (TPSA) is 29.5 Å². The maximum absolute atomic E-state index is 10.3. The van der Waals surface area contributed by atoms with Gasteiger partial charge in [0.2, 0.25) is 0 Å². The lowest BCUT2D eigenvalue weighted by Gasteiger charge is -2.29. The summed E-state index contributed by atoms with van der Waals surface area (Å²) < 4.78 is 5.55. The molecule has 1 unspecified atom stereocenters. The highest BCUT2D eigenvalue weighted by Crippen LogP contribution is 2.18. The van der Waals surface area contributed by atoms with Crippen LogP contribution in [0.5, 0.6) is 0 Å². The number of rotatable bonds is 1. The Kier molecular flexibility index (Phi) is 2.48. The van der Waals surface area contributed by atoms with Crippen LogP contribution < -0.4 is 5.19 Å². The Morgan fingerprint density at radius 1 is 1.15 bits per heavy atom. The molecular formula is C10H14O2Si. The van der Waals surface area contributed by atoms with Crippen molar-refractivity contribution < 1.29 is 9.22 Å². The van der Waals surface area contributed by atoms with E-state index in [0.717, 1.165) is 30.7 Å². The fourth-order valence-electron chi connectivity index (χ4n) is 1.71. The van der Waals surface area contributed by atoms with Crippen molar-refractivity contribution in [3.8, 4) is 0 Å². The third-order valence-electron chi connectivity index (χ3n) is 2.48. The molecule has 70 valence electrons. The molecule has 0 aromatic heterocycles. The van der Waals surface area contributed by atoms with Gasteiger partial charge in [-0.25, -0.2) is 0 Å². The van der Waals surface area contributed by atoms with E-state index >= 15 is 0 Å². The normalized spacial score (nSPS) is 28.7. The van der Waals surface area contributed by atoms with Crippen molar-refractivity contribution >= 4 is 13.7 Å². The Labute approximate surface area is 79.4 Å². The standard InChI is InChI=1S/C10H14O2Si/c11-13(9-5-4-8-12-13)10-6-2-1-3-7-10/h1-3,6-7,11H,4-5,8-9H2. The highest BCUT2D eigenvalue weighted by molar-refractivity contribution is 6.80. The monoisotopic (exact) mass is 194 g/mol. The van der Waals surface area contributed by atoms with Crippen LogP contribution in [-0.2, 0) is 4.43 Å². The average molecular weight is 194 g/mol. The number of hydrogen-bond donors (Lipinski definition) is 1. The lowest BCUT2D eigenvalue weighted by molar-refractivity contribution is 0.214. The van der Waals surface area contributed by atoms with Gasteiger partial charge in [0, 0.05) is 6.61 Å². The Balaban J connectivity index is 2.23. The maximum atomic E-state index is 10.3. The van der Waals surface area contributed by atoms with Crippen molar-refractivity contribution in [2.45, 2.75) is 18.9 Å². The van der Waals surface area contributed by atoms with E-state index in [9.17, 15) is 4.80 Å². The second-order valence-electron chi connectivity index (χ2n) is 3.46. The van der Waals surface area contributed by atoms with Gasteiger partial charge in [0.1, 0.15) is 0 Å². The predicted octanol–water partition coefficient (Wildman–Crippen LogP) is 1.14. The first-order valence-electron chi connectivity index (χ1n) is 4.73. The smallest absolute Gasteiger partial charge is 0.369 e. The van der Waals surface area contributed by atoms with Crippen molar-refractivity contribution in [1.29, 1.82) is 0 Å². The van der Waals surface area contributed by atoms with Crippen molar-refractivity contribution in [3.05, 3.63) is 30.3 Å². The lowest BCUT2D eigenvalue weighted by Crippen LogP contribution is -2.53. The summed E-state index contributed by atoms with van der Waals surface area (Å²) in [5.41, 5.74) is 0. The zero-order chi connectivity index (χ0) is 9.15. The molecule has 1 aliphatic rings. The van der Waals surface area contributed by atoms with Gasteiger partial charge in [0.05, 0.1) is 0 Å². The zero-order valence-corrected chi connectivity index (χ0v) is 8.57. The summed E-state index contributed by atoms with van der Waals surface area (Å²) in [7, 11) is -2.51. The van der Waals surface area contributed by atoms with Crippen LogP contribution in [0, 0.1) is 0 Å². The fourth-order valence-corrected chi connectivity index (χ4v) is 4.23. The molecule has 1 aromatic rings. The largest absolute Gasteiger partial charge is 0.407 e. The lowest BCUT2D eigenvalue weighted by atomic mass is 10.3. The minimum atomic E-state index is -2.51. The minimum absolute atomic E-state index is 0.720. The molecule has 1 N–H and O–H groups in total. The van der Waals surface area contributed by atoms with Gasteiger partial charge < -0.3 is 9.22 Å². The van der Waals surface area contributed by atoms with Crippen LogP contribution in [0.4, 0.5) is 0 Å². The summed E-state index contributed by atoms with van der Waals surface area (Å²) in [5, 5.41) is 1.01. The molecule has 1 saturated heterocycles. The molecule has 0 spiro atoms. The van der Waals surface area contributed by atoms with Crippen molar-refractivity contribution in [2.75, 3.05) is 6.61 Å². The van der Waals surface area contributed by atoms with E-state index in [4.69, 9.17) is 4.43 Å². The third-order valence-corrected chi connectivity index (χ3v) is 5.42. The van der Waals surface area contributed by atoms with E-state index in [2.05, 4.69) is 0 Å². The molecule has 1 aromatic carbocycles. The highest BCUT2D eigenvalue weighted by Gasteiger charge is 2.37. The van der Waals surface area contributed by atoms with Gasteiger partial charge in [-0.15, -0.1) is 0 Å². The Morgan fingerprint density at radius 3 is 2.54 bits per heavy atom. The molecule has 1 fully saturated rings. The van der Waals surface area contributed by atoms with Gasteiger partial charge >= 0.3 is 8.56 Å². The van der Waals surface area contributed by atoms with Gasteiger partial charge in [-0.1, -0.05) is 30.3 Å². The first-order chi connectivity index (χ1) is 6.31. The third kappa shape index (κ3) is 1.82. The molecule has 1 atom stereocenters. The molecule has 2 rings (SSSR count). The summed E-state index contributed by atoms with van der Waals surface area (Å²) in [5.74, 6) is 0. The second kappa shape index (κ2) is 3.62. The molecule has 1 heterocycles. The van der Waals surface area contributed by atoms with E-state index in [1.54, 1.807) is 0 Å². The molecule has 3 heteroatoms. The van der Waals surface area contributed by atoms with E-state index in [1.807, 2.05) is 30.3 Å². The summed E-state index contributed by atoms with van der Waals surface area (Å²) >= 11 is 0. The molecule has 0 amide bonds. The van der Waals surface area contributed by atoms with E-state index < -0.39 is 8.56 Å². The summed E-state index contributed by atoms with van der Waals surface area (Å²) in [6, 6.07) is 10.7. The first-order valence-corrected chi connectivity index (χ1v) is 6.79. The summed E-state index contributed by atoms with van der Waals surface area (Å²) in [4.78, 5) is 10.3. The van der Waals surface area contributed by atoms with Gasteiger partial charge in [-0.3, -0.25) is 0 Å². The minimum Gasteiger partial charge on any atom is -0.407 e. The fraction of sp³-hybridized carbons (Fsp3) is 0.400. The van der Waals surface area contributed by atoms with Gasteiger partial charge in [0.25, 0.3) is 0 Å². The number of hydrogen-bond acceptors (Lipinski definition) is 2. The van der Waals surface area contributed by atoms with Gasteiger partial charge in [-0.05, 0) is 24.1 Å². The van der Waals surface area contributed by atoms with Crippen LogP contribution in [0.25, 0.3) is 0 Å². The highest BCUT2D eigenvalue weighted by atomic mass is 28.4. The van der Waals surface area contributed by atoms with Gasteiger partial charge in [0.15, 0.2) is 0 Å². The summed E-state index contributed by atoms with van der Waals surface area (Å²) in [6.45, 7) is 0.720. The Bertz CT molecular complexity index is 268. The zero-order valence-electron chi connectivity index (χ0n) is 7.57. The van der Waals surface area contributed by atoms with E-state index in [0.29, 0.717) is 0 Å². The van der Waals surface area contributed by atoms with Crippen LogP contribution in [0.3, 0.4) is 0 Å². The first kappa shape index (κ1) is 8.93. The number of benzene rings is 1. The molecule has 0 bridgehead atoms. The molecule has 2 nitrogen and oxygen atoms in total. The molecule has 0 saturated carbocycles. The van der Waals surface area contributed by atoms with Crippen LogP contribution >= 0.6 is 0 Å². The molecule has 13 heavy (non-hydrogen) atoms. The summed E-state index contributed by atoms with van der Waals surface area (Å²) in [6.07, 6.45) is 2.18. The van der Waals surface area contributed by atoms with Crippen LogP contribution in [-0.4, -0.2) is 20.0 Å². The van der Waals surface area contributed by atoms with E-state index in [1.165, 1.54) is 0 Å². The Morgan fingerprint density at radius 2 is 1.92 bits per heavy atom. The maximum Gasteiger partial charge on any atom is 0.369 e. The van der Waals surface area contributed by atoms with Crippen LogP contribution in [0.2, 0.25) is 6.04 Å². The Hall–Kier alpha value is -0.643. The second-order valence-corrected chi connectivity index (χ2v) is 6.39. The molecular weight excluding hydrogens is 180 g/mol. The van der Waals surface area contributed by atoms with Crippen LogP contribution in [0.15, 0.2) is 30.3 Å². The molecule has 1 aliphatic heterocycles. The van der Waals surface area contributed by atoms with Crippen LogP contribution in [0.1, 0.15) is 12.8 Å². The van der Waals surface area contributed by atoms with Crippen molar-refractivity contribution in [1.82, 2.24) is 0 Å². The SMILES string of the molecule is O[Si]1(c2ccccc2)CCCCO1. The van der Waals surface area contributed by atoms with E-state index in [-0.39, 0.29) is 0 Å². The molecule has 0 aliphatic carbocycles. The van der Waals surface area contributed by atoms with Crippen molar-refractivity contribution in [3.63, 3.8) is 0 Å². The average Bonchev–Trinajstić information content (AvgIpc) is 2.20. The van der Waals surface area contributed by atoms with Crippen molar-refractivity contribution in [2.24, 2.45) is 0 Å². The predicted molar refractivity (Wildman–Crippen MR) is 54.0 cm³/mol. The quantitative estimate of drug-likeness (QED) is 0.679.